The average molecular weight is 851 g/mol. The number of hydrogen-bond donors (Lipinski definition) is 4. The van der Waals surface area contributed by atoms with E-state index in [-0.39, 0.29) is 57.7 Å². The molecule has 308 valence electrons. The average Bonchev–Trinajstić information content (AvgIpc) is 3.26. The van der Waals surface area contributed by atoms with Gasteiger partial charge in [0.15, 0.2) is 11.6 Å². The molecule has 0 bridgehead atoms. The lowest BCUT2D eigenvalue weighted by Crippen LogP contribution is -2.37. The molecule has 4 heterocycles. The van der Waals surface area contributed by atoms with E-state index in [2.05, 4.69) is 40.5 Å². The predicted octanol–water partition coefficient (Wildman–Crippen LogP) is 5.21. The van der Waals surface area contributed by atoms with E-state index >= 15 is 0 Å². The summed E-state index contributed by atoms with van der Waals surface area (Å²) in [5.74, 6) is 0.661. The summed E-state index contributed by atoms with van der Waals surface area (Å²) in [4.78, 5) is 30.2. The van der Waals surface area contributed by atoms with Crippen molar-refractivity contribution in [2.45, 2.75) is 9.79 Å². The Morgan fingerprint density at radius 1 is 0.500 bits per heavy atom. The van der Waals surface area contributed by atoms with Crippen LogP contribution in [0.5, 0.6) is 0 Å². The first-order valence-electron chi connectivity index (χ1n) is 18.7. The molecule has 2 aliphatic heterocycles. The van der Waals surface area contributed by atoms with Crippen molar-refractivity contribution in [2.24, 2.45) is 0 Å². The zero-order valence-corrected chi connectivity index (χ0v) is 33.4. The quantitative estimate of drug-likeness (QED) is 0.0913. The van der Waals surface area contributed by atoms with Crippen LogP contribution in [0, 0.1) is 0 Å². The van der Waals surface area contributed by atoms with Crippen LogP contribution in [-0.4, -0.2) is 108 Å². The van der Waals surface area contributed by atoms with Gasteiger partial charge in [-0.2, -0.15) is 46.7 Å². The number of nitrogens with one attached hydrogen (secondary N) is 2. The molecule has 8 rings (SSSR count). The van der Waals surface area contributed by atoms with E-state index in [0.717, 1.165) is 0 Å². The number of morpholine rings is 2. The SMILES string of the molecule is O=S(=O)(O)c1c(/C=C/c2cccc(-c3nc(Nc4ccccc4)nc(N4CCOCC4)n3)c2S(=O)(=O)O)cccc1-c1nc(Nc2ccccc2)nc(N2CCOCC2)n1. The van der Waals surface area contributed by atoms with Gasteiger partial charge in [0.25, 0.3) is 20.2 Å². The van der Waals surface area contributed by atoms with Crippen molar-refractivity contribution in [1.29, 1.82) is 0 Å². The third-order valence-corrected chi connectivity index (χ3v) is 11.4. The molecular formula is C40H38N10O8S2. The third-order valence-electron chi connectivity index (χ3n) is 9.43. The molecule has 0 atom stereocenters. The van der Waals surface area contributed by atoms with Crippen molar-refractivity contribution in [1.82, 2.24) is 29.9 Å². The Bertz CT molecular complexity index is 2560. The van der Waals surface area contributed by atoms with Gasteiger partial charge in [-0.25, -0.2) is 0 Å². The molecule has 0 radical (unpaired) electrons. The monoisotopic (exact) mass is 850 g/mol. The molecule has 2 aliphatic rings. The van der Waals surface area contributed by atoms with Crippen molar-refractivity contribution in [3.63, 3.8) is 0 Å². The highest BCUT2D eigenvalue weighted by Crippen LogP contribution is 2.34. The second kappa shape index (κ2) is 17.4. The molecule has 0 spiro atoms. The summed E-state index contributed by atoms with van der Waals surface area (Å²) >= 11 is 0. The Morgan fingerprint density at radius 3 is 1.25 bits per heavy atom. The minimum Gasteiger partial charge on any atom is -0.378 e. The normalized spacial score (nSPS) is 15.0. The van der Waals surface area contributed by atoms with Crippen LogP contribution < -0.4 is 20.4 Å². The minimum atomic E-state index is -4.98. The molecule has 2 saturated heterocycles. The van der Waals surface area contributed by atoms with Gasteiger partial charge in [-0.3, -0.25) is 9.11 Å². The van der Waals surface area contributed by atoms with Crippen LogP contribution in [0.25, 0.3) is 34.9 Å². The molecule has 20 heteroatoms. The van der Waals surface area contributed by atoms with E-state index in [0.29, 0.717) is 64.0 Å². The number of nitrogens with zero attached hydrogens (tertiary/aromatic N) is 8. The highest BCUT2D eigenvalue weighted by molar-refractivity contribution is 7.86. The van der Waals surface area contributed by atoms with Crippen LogP contribution in [0.4, 0.5) is 35.2 Å². The highest BCUT2D eigenvalue weighted by atomic mass is 32.2. The molecule has 0 amide bonds. The van der Waals surface area contributed by atoms with Crippen molar-refractivity contribution in [3.05, 3.63) is 108 Å². The lowest BCUT2D eigenvalue weighted by Gasteiger charge is -2.27. The Balaban J connectivity index is 1.22. The maximum Gasteiger partial charge on any atom is 0.295 e. The minimum absolute atomic E-state index is 0.0308. The van der Waals surface area contributed by atoms with Crippen molar-refractivity contribution in [3.8, 4) is 22.8 Å². The van der Waals surface area contributed by atoms with E-state index < -0.39 is 30.0 Å². The fraction of sp³-hybridized carbons (Fsp3) is 0.200. The second-order valence-electron chi connectivity index (χ2n) is 13.5. The molecule has 18 nitrogen and oxygen atoms in total. The Hall–Kier alpha value is -6.42. The maximum atomic E-state index is 13.2. The first kappa shape index (κ1) is 40.4. The van der Waals surface area contributed by atoms with Gasteiger partial charge in [0, 0.05) is 48.7 Å². The predicted molar refractivity (Wildman–Crippen MR) is 225 cm³/mol. The van der Waals surface area contributed by atoms with Crippen molar-refractivity contribution >= 4 is 67.6 Å². The summed E-state index contributed by atoms with van der Waals surface area (Å²) < 4.78 is 85.4. The second-order valence-corrected chi connectivity index (χ2v) is 16.2. The summed E-state index contributed by atoms with van der Waals surface area (Å²) in [5, 5.41) is 6.27. The van der Waals surface area contributed by atoms with Crippen LogP contribution in [0.1, 0.15) is 11.1 Å². The summed E-state index contributed by atoms with van der Waals surface area (Å²) in [5.41, 5.74) is 1.19. The smallest absolute Gasteiger partial charge is 0.295 e. The van der Waals surface area contributed by atoms with Crippen LogP contribution >= 0.6 is 0 Å². The first-order valence-corrected chi connectivity index (χ1v) is 21.6. The Morgan fingerprint density at radius 2 is 0.883 bits per heavy atom. The first-order chi connectivity index (χ1) is 29.0. The largest absolute Gasteiger partial charge is 0.378 e. The molecule has 0 aliphatic carbocycles. The fourth-order valence-electron chi connectivity index (χ4n) is 6.67. The zero-order chi connectivity index (χ0) is 41.7. The number of rotatable bonds is 12. The summed E-state index contributed by atoms with van der Waals surface area (Å²) in [6, 6.07) is 27.1. The number of hydrogen-bond acceptors (Lipinski definition) is 16. The van der Waals surface area contributed by atoms with Gasteiger partial charge in [0.2, 0.25) is 23.8 Å². The number of ether oxygens (including phenoxy) is 2. The van der Waals surface area contributed by atoms with Crippen LogP contribution in [-0.2, 0) is 29.7 Å². The van der Waals surface area contributed by atoms with Gasteiger partial charge in [-0.15, -0.1) is 0 Å². The molecule has 4 N–H and O–H groups in total. The van der Waals surface area contributed by atoms with Crippen molar-refractivity contribution < 1.29 is 35.4 Å². The van der Waals surface area contributed by atoms with Gasteiger partial charge in [-0.05, 0) is 47.5 Å². The molecule has 4 aromatic carbocycles. The van der Waals surface area contributed by atoms with Gasteiger partial charge in [0.1, 0.15) is 9.79 Å². The third kappa shape index (κ3) is 9.38. The van der Waals surface area contributed by atoms with Crippen LogP contribution in [0.3, 0.4) is 0 Å². The summed E-state index contributed by atoms with van der Waals surface area (Å²) in [7, 11) is -9.97. The van der Waals surface area contributed by atoms with Gasteiger partial charge in [0.05, 0.1) is 26.4 Å². The number of aromatic nitrogens is 6. The van der Waals surface area contributed by atoms with E-state index in [4.69, 9.17) is 9.47 Å². The van der Waals surface area contributed by atoms with E-state index in [1.807, 2.05) is 70.5 Å². The highest BCUT2D eigenvalue weighted by Gasteiger charge is 2.27. The molecule has 0 unspecified atom stereocenters. The van der Waals surface area contributed by atoms with Gasteiger partial charge >= 0.3 is 0 Å². The Labute approximate surface area is 345 Å². The summed E-state index contributed by atoms with van der Waals surface area (Å²) in [6.07, 6.45) is 2.62. The Kier molecular flexibility index (Phi) is 11.7. The van der Waals surface area contributed by atoms with Crippen LogP contribution in [0.15, 0.2) is 107 Å². The topological polar surface area (TPSA) is 235 Å². The standard InChI is InChI=1S/C40H38N10O8S2/c51-59(52,53)33-27(9-7-15-31(33)35-43-37(41-29-11-3-1-4-12-29)47-39(45-35)49-19-23-57-24-20-49)17-18-28-10-8-16-32(34(28)60(54,55)56)36-44-38(42-30-13-5-2-6-14-30)48-40(46-36)50-21-25-58-26-22-50/h1-18H,19-26H2,(H,51,52,53)(H,54,55,56)(H,41,43,45,47)(H,42,44,46,48)/b18-17+. The van der Waals surface area contributed by atoms with Gasteiger partial charge in [-0.1, -0.05) is 72.8 Å². The molecule has 2 fully saturated rings. The molecule has 2 aromatic heterocycles. The maximum absolute atomic E-state index is 13.2. The number of para-hydroxylation sites is 2. The van der Waals surface area contributed by atoms with E-state index in [1.165, 1.54) is 36.4 Å². The van der Waals surface area contributed by atoms with Crippen LogP contribution in [0.2, 0.25) is 0 Å². The number of benzene rings is 4. The van der Waals surface area contributed by atoms with E-state index in [9.17, 15) is 25.9 Å². The summed E-state index contributed by atoms with van der Waals surface area (Å²) in [6.45, 7) is 3.62. The molecular weight excluding hydrogens is 813 g/mol. The van der Waals surface area contributed by atoms with Crippen molar-refractivity contribution in [2.75, 3.05) is 73.0 Å². The molecule has 6 aromatic rings. The van der Waals surface area contributed by atoms with E-state index in [1.54, 1.807) is 12.1 Å². The van der Waals surface area contributed by atoms with Gasteiger partial charge < -0.3 is 29.9 Å². The number of anilines is 6. The fourth-order valence-corrected chi connectivity index (χ4v) is 8.42. The molecule has 60 heavy (non-hydrogen) atoms. The zero-order valence-electron chi connectivity index (χ0n) is 31.8. The lowest BCUT2D eigenvalue weighted by atomic mass is 10.1. The molecule has 0 saturated carbocycles. The lowest BCUT2D eigenvalue weighted by molar-refractivity contribution is 0.122.